The van der Waals surface area contributed by atoms with E-state index in [9.17, 15) is 0 Å². The molecule has 2 aliphatic rings. The number of likely N-dealkylation sites (tertiary alicyclic amines) is 1. The quantitative estimate of drug-likeness (QED) is 0.628. The third-order valence-electron chi connectivity index (χ3n) is 3.78. The van der Waals surface area contributed by atoms with Gasteiger partial charge in [-0.05, 0) is 38.6 Å². The van der Waals surface area contributed by atoms with E-state index in [1.165, 1.54) is 29.9 Å². The number of nitrogens with zero attached hydrogens (tertiary/aromatic N) is 2. The lowest BCUT2D eigenvalue weighted by atomic mass is 9.86. The van der Waals surface area contributed by atoms with E-state index in [0.29, 0.717) is 12.0 Å². The predicted molar refractivity (Wildman–Crippen MR) is 63.0 cm³/mol. The van der Waals surface area contributed by atoms with Gasteiger partial charge in [0.05, 0.1) is 5.69 Å². The Hall–Kier alpha value is -1.15. The third-order valence-corrected chi connectivity index (χ3v) is 3.78. The zero-order valence-corrected chi connectivity index (χ0v) is 9.27. The fraction of sp³-hybridized carbons (Fsp3) is 0.462. The highest BCUT2D eigenvalue weighted by Gasteiger charge is 2.35. The van der Waals surface area contributed by atoms with Gasteiger partial charge < -0.3 is 0 Å². The van der Waals surface area contributed by atoms with Gasteiger partial charge in [-0.15, -0.1) is 0 Å². The summed E-state index contributed by atoms with van der Waals surface area (Å²) in [6.07, 6.45) is 1.22. The number of piperidine rings is 1. The molecule has 78 valence electrons. The minimum atomic E-state index is 0.496. The van der Waals surface area contributed by atoms with Crippen LogP contribution < -0.4 is 0 Å². The molecule has 0 aromatic heterocycles. The molecule has 2 unspecified atom stereocenters. The Morgan fingerprint density at radius 3 is 3.00 bits per heavy atom. The summed E-state index contributed by atoms with van der Waals surface area (Å²) < 4.78 is 0. The molecule has 0 spiro atoms. The van der Waals surface area contributed by atoms with Gasteiger partial charge in [0.25, 0.3) is 0 Å². The average Bonchev–Trinajstić information content (AvgIpc) is 2.63. The van der Waals surface area contributed by atoms with Crippen LogP contribution in [0.5, 0.6) is 0 Å². The maximum atomic E-state index is 4.78. The molecule has 2 heteroatoms. The molecule has 0 radical (unpaired) electrons. The van der Waals surface area contributed by atoms with Gasteiger partial charge in [0, 0.05) is 17.7 Å². The molecule has 15 heavy (non-hydrogen) atoms. The molecule has 2 heterocycles. The standard InChI is InChI=1S/C13H16N2/c1-9-13-11(7-8-15(9)2)10-5-3-4-6-12(10)14-13/h3-6,9,11H,7-8H2,1-2H3. The molecule has 1 saturated heterocycles. The second-order valence-electron chi connectivity index (χ2n) is 4.59. The van der Waals surface area contributed by atoms with Gasteiger partial charge in [-0.3, -0.25) is 9.89 Å². The lowest BCUT2D eigenvalue weighted by molar-refractivity contribution is 0.279. The Kier molecular flexibility index (Phi) is 1.93. The second-order valence-corrected chi connectivity index (χ2v) is 4.59. The maximum absolute atomic E-state index is 4.78. The zero-order valence-electron chi connectivity index (χ0n) is 9.27. The van der Waals surface area contributed by atoms with E-state index in [4.69, 9.17) is 4.99 Å². The molecule has 0 aliphatic carbocycles. The van der Waals surface area contributed by atoms with Crippen LogP contribution in [0, 0.1) is 0 Å². The molecule has 1 fully saturated rings. The number of para-hydroxylation sites is 1. The lowest BCUT2D eigenvalue weighted by Crippen LogP contribution is -2.43. The van der Waals surface area contributed by atoms with Gasteiger partial charge in [-0.1, -0.05) is 18.2 Å². The molecule has 0 saturated carbocycles. The van der Waals surface area contributed by atoms with Gasteiger partial charge in [-0.25, -0.2) is 0 Å². The van der Waals surface area contributed by atoms with Crippen LogP contribution in [0.3, 0.4) is 0 Å². The number of benzene rings is 1. The van der Waals surface area contributed by atoms with Crippen LogP contribution in [-0.4, -0.2) is 30.2 Å². The average molecular weight is 200 g/mol. The molecule has 2 nitrogen and oxygen atoms in total. The predicted octanol–water partition coefficient (Wildman–Crippen LogP) is 2.58. The summed E-state index contributed by atoms with van der Waals surface area (Å²) in [7, 11) is 2.19. The van der Waals surface area contributed by atoms with E-state index in [1.807, 2.05) is 0 Å². The molecule has 0 bridgehead atoms. The van der Waals surface area contributed by atoms with Crippen LogP contribution >= 0.6 is 0 Å². The highest BCUT2D eigenvalue weighted by molar-refractivity contribution is 6.01. The third kappa shape index (κ3) is 1.25. The minimum absolute atomic E-state index is 0.496. The topological polar surface area (TPSA) is 15.6 Å². The smallest absolute Gasteiger partial charge is 0.0668 e. The highest BCUT2D eigenvalue weighted by Crippen LogP contribution is 2.40. The Balaban J connectivity index is 2.06. The molecule has 2 aliphatic heterocycles. The van der Waals surface area contributed by atoms with Gasteiger partial charge in [0.1, 0.15) is 0 Å². The van der Waals surface area contributed by atoms with Gasteiger partial charge in [0.2, 0.25) is 0 Å². The SMILES string of the molecule is CC1C2=Nc3ccccc3C2CCN1C. The highest BCUT2D eigenvalue weighted by atomic mass is 15.1. The lowest BCUT2D eigenvalue weighted by Gasteiger charge is -2.34. The van der Waals surface area contributed by atoms with E-state index in [2.05, 4.69) is 43.1 Å². The Morgan fingerprint density at radius 2 is 2.13 bits per heavy atom. The van der Waals surface area contributed by atoms with Crippen LogP contribution in [0.1, 0.15) is 24.8 Å². The number of aliphatic imine (C=N–C) groups is 1. The van der Waals surface area contributed by atoms with Crippen molar-refractivity contribution in [1.82, 2.24) is 4.90 Å². The normalized spacial score (nSPS) is 29.6. The Bertz CT molecular complexity index is 422. The van der Waals surface area contributed by atoms with Crippen LogP contribution in [0.2, 0.25) is 0 Å². The Labute approximate surface area is 90.6 Å². The summed E-state index contributed by atoms with van der Waals surface area (Å²) in [4.78, 5) is 7.17. The van der Waals surface area contributed by atoms with Crippen molar-refractivity contribution in [2.45, 2.75) is 25.3 Å². The van der Waals surface area contributed by atoms with Crippen molar-refractivity contribution in [3.8, 4) is 0 Å². The Morgan fingerprint density at radius 1 is 1.33 bits per heavy atom. The first-order chi connectivity index (χ1) is 7.27. The van der Waals surface area contributed by atoms with Crippen LogP contribution in [0.15, 0.2) is 29.3 Å². The monoisotopic (exact) mass is 200 g/mol. The summed E-state index contributed by atoms with van der Waals surface area (Å²) in [5.74, 6) is 0.590. The number of hydrogen-bond donors (Lipinski definition) is 0. The molecule has 0 N–H and O–H groups in total. The van der Waals surface area contributed by atoms with E-state index < -0.39 is 0 Å². The van der Waals surface area contributed by atoms with Crippen LogP contribution in [-0.2, 0) is 0 Å². The van der Waals surface area contributed by atoms with Gasteiger partial charge >= 0.3 is 0 Å². The van der Waals surface area contributed by atoms with Crippen molar-refractivity contribution in [3.63, 3.8) is 0 Å². The first kappa shape index (κ1) is 9.10. The summed E-state index contributed by atoms with van der Waals surface area (Å²) in [5.41, 5.74) is 4.00. The molecule has 0 amide bonds. The maximum Gasteiger partial charge on any atom is 0.0668 e. The summed E-state index contributed by atoms with van der Waals surface area (Å²) in [6.45, 7) is 3.44. The van der Waals surface area contributed by atoms with Crippen molar-refractivity contribution in [2.24, 2.45) is 4.99 Å². The fourth-order valence-corrected chi connectivity index (χ4v) is 2.70. The second kappa shape index (κ2) is 3.17. The van der Waals surface area contributed by atoms with Crippen molar-refractivity contribution in [2.75, 3.05) is 13.6 Å². The van der Waals surface area contributed by atoms with Crippen LogP contribution in [0.25, 0.3) is 0 Å². The van der Waals surface area contributed by atoms with E-state index in [0.717, 1.165) is 0 Å². The van der Waals surface area contributed by atoms with Crippen molar-refractivity contribution in [1.29, 1.82) is 0 Å². The first-order valence-corrected chi connectivity index (χ1v) is 5.65. The van der Waals surface area contributed by atoms with Crippen molar-refractivity contribution in [3.05, 3.63) is 29.8 Å². The number of rotatable bonds is 0. The minimum Gasteiger partial charge on any atom is -0.298 e. The number of fused-ring (bicyclic) bond motifs is 3. The van der Waals surface area contributed by atoms with Crippen molar-refractivity contribution >= 4 is 11.4 Å². The summed E-state index contributed by atoms with van der Waals surface area (Å²) in [5, 5.41) is 0. The number of hydrogen-bond acceptors (Lipinski definition) is 2. The van der Waals surface area contributed by atoms with Gasteiger partial charge in [-0.2, -0.15) is 0 Å². The summed E-state index contributed by atoms with van der Waals surface area (Å²) in [6, 6.07) is 9.06. The van der Waals surface area contributed by atoms with E-state index >= 15 is 0 Å². The molecule has 3 rings (SSSR count). The molecular weight excluding hydrogens is 184 g/mol. The van der Waals surface area contributed by atoms with Gasteiger partial charge in [0.15, 0.2) is 0 Å². The van der Waals surface area contributed by atoms with E-state index in [-0.39, 0.29) is 0 Å². The van der Waals surface area contributed by atoms with Crippen molar-refractivity contribution < 1.29 is 0 Å². The molecular formula is C13H16N2. The molecule has 2 atom stereocenters. The summed E-state index contributed by atoms with van der Waals surface area (Å²) >= 11 is 0. The zero-order chi connectivity index (χ0) is 10.4. The fourth-order valence-electron chi connectivity index (χ4n) is 2.70. The van der Waals surface area contributed by atoms with E-state index in [1.54, 1.807) is 0 Å². The van der Waals surface area contributed by atoms with Crippen LogP contribution in [0.4, 0.5) is 5.69 Å². The largest absolute Gasteiger partial charge is 0.298 e. The first-order valence-electron chi connectivity index (χ1n) is 5.65. The molecule has 1 aromatic rings. The molecule has 1 aromatic carbocycles.